The van der Waals surface area contributed by atoms with Crippen LogP contribution >= 0.6 is 11.8 Å². The van der Waals surface area contributed by atoms with Crippen molar-refractivity contribution in [2.45, 2.75) is 44.3 Å². The molecule has 0 spiro atoms. The molecule has 112 valence electrons. The molecule has 0 atom stereocenters. The molecule has 3 nitrogen and oxygen atoms in total. The molecule has 21 heavy (non-hydrogen) atoms. The van der Waals surface area contributed by atoms with Gasteiger partial charge < -0.3 is 5.32 Å². The average Bonchev–Trinajstić information content (AvgIpc) is 2.45. The van der Waals surface area contributed by atoms with E-state index in [1.807, 2.05) is 33.8 Å². The van der Waals surface area contributed by atoms with Crippen molar-refractivity contribution in [2.75, 3.05) is 6.54 Å². The van der Waals surface area contributed by atoms with Gasteiger partial charge in [-0.15, -0.1) is 0 Å². The highest BCUT2D eigenvalue weighted by molar-refractivity contribution is 7.99. The predicted octanol–water partition coefficient (Wildman–Crippen LogP) is 3.80. The highest BCUT2D eigenvalue weighted by Crippen LogP contribution is 2.31. The molecule has 0 aliphatic heterocycles. The summed E-state index contributed by atoms with van der Waals surface area (Å²) in [6.45, 7) is 9.42. The number of aromatic nitrogens is 2. The normalized spacial score (nSPS) is 10.9. The molecule has 5 heteroatoms. The second kappa shape index (κ2) is 7.00. The minimum absolute atomic E-state index is 0.227. The van der Waals surface area contributed by atoms with Crippen LogP contribution in [0, 0.1) is 26.6 Å². The topological polar surface area (TPSA) is 37.8 Å². The van der Waals surface area contributed by atoms with Gasteiger partial charge in [-0.05, 0) is 56.3 Å². The summed E-state index contributed by atoms with van der Waals surface area (Å²) in [5.41, 5.74) is 3.89. The van der Waals surface area contributed by atoms with Gasteiger partial charge in [0.2, 0.25) is 0 Å². The third kappa shape index (κ3) is 3.80. The van der Waals surface area contributed by atoms with E-state index >= 15 is 0 Å². The Hall–Kier alpha value is -1.46. The standard InChI is InChI=1S/C16H20FN3S/c1-5-18-9-13-7-6-8-14(17)15(13)21-16-19-11(3)10(2)12(4)20-16/h6-8,18H,5,9H2,1-4H3. The average molecular weight is 305 g/mol. The number of rotatable bonds is 5. The summed E-state index contributed by atoms with van der Waals surface area (Å²) in [5, 5.41) is 3.82. The Labute approximate surface area is 129 Å². The minimum Gasteiger partial charge on any atom is -0.313 e. The summed E-state index contributed by atoms with van der Waals surface area (Å²) in [6.07, 6.45) is 0. The molecule has 0 aliphatic carbocycles. The maximum Gasteiger partial charge on any atom is 0.193 e. The van der Waals surface area contributed by atoms with Gasteiger partial charge in [0.1, 0.15) is 5.82 Å². The molecule has 0 bridgehead atoms. The molecule has 0 radical (unpaired) electrons. The van der Waals surface area contributed by atoms with Crippen LogP contribution in [0.3, 0.4) is 0 Å². The van der Waals surface area contributed by atoms with Crippen molar-refractivity contribution in [3.05, 3.63) is 46.5 Å². The van der Waals surface area contributed by atoms with Crippen molar-refractivity contribution in [3.8, 4) is 0 Å². The minimum atomic E-state index is -0.227. The van der Waals surface area contributed by atoms with Crippen molar-refractivity contribution < 1.29 is 4.39 Å². The number of aryl methyl sites for hydroxylation is 2. The van der Waals surface area contributed by atoms with Crippen LogP contribution < -0.4 is 5.32 Å². The van der Waals surface area contributed by atoms with Crippen molar-refractivity contribution in [1.29, 1.82) is 0 Å². The van der Waals surface area contributed by atoms with Crippen LogP contribution in [0.4, 0.5) is 4.39 Å². The van der Waals surface area contributed by atoms with Crippen LogP contribution in [0.25, 0.3) is 0 Å². The quantitative estimate of drug-likeness (QED) is 0.853. The van der Waals surface area contributed by atoms with Crippen molar-refractivity contribution in [2.24, 2.45) is 0 Å². The van der Waals surface area contributed by atoms with Crippen LogP contribution in [-0.2, 0) is 6.54 Å². The summed E-state index contributed by atoms with van der Waals surface area (Å²) >= 11 is 1.29. The van der Waals surface area contributed by atoms with Crippen LogP contribution in [0.5, 0.6) is 0 Å². The summed E-state index contributed by atoms with van der Waals surface area (Å²) in [5.74, 6) is -0.227. The van der Waals surface area contributed by atoms with E-state index in [9.17, 15) is 4.39 Å². The van der Waals surface area contributed by atoms with E-state index in [-0.39, 0.29) is 5.82 Å². The zero-order valence-corrected chi connectivity index (χ0v) is 13.6. The highest BCUT2D eigenvalue weighted by Gasteiger charge is 2.13. The molecular formula is C16H20FN3S. The van der Waals surface area contributed by atoms with Crippen molar-refractivity contribution >= 4 is 11.8 Å². The van der Waals surface area contributed by atoms with Gasteiger partial charge >= 0.3 is 0 Å². The molecule has 2 aromatic rings. The first kappa shape index (κ1) is 15.9. The van der Waals surface area contributed by atoms with E-state index in [0.29, 0.717) is 16.6 Å². The van der Waals surface area contributed by atoms with E-state index in [0.717, 1.165) is 29.1 Å². The third-order valence-electron chi connectivity index (χ3n) is 3.42. The lowest BCUT2D eigenvalue weighted by atomic mass is 10.2. The molecule has 0 aliphatic rings. The van der Waals surface area contributed by atoms with Gasteiger partial charge in [-0.25, -0.2) is 14.4 Å². The zero-order valence-electron chi connectivity index (χ0n) is 12.8. The SMILES string of the molecule is CCNCc1cccc(F)c1Sc1nc(C)c(C)c(C)n1. The largest absolute Gasteiger partial charge is 0.313 e. The molecule has 0 saturated heterocycles. The maximum atomic E-state index is 14.1. The highest BCUT2D eigenvalue weighted by atomic mass is 32.2. The first-order valence-electron chi connectivity index (χ1n) is 7.00. The van der Waals surface area contributed by atoms with Crippen LogP contribution in [0.15, 0.2) is 28.3 Å². The number of benzene rings is 1. The van der Waals surface area contributed by atoms with Crippen LogP contribution in [0.2, 0.25) is 0 Å². The number of nitrogens with zero attached hydrogens (tertiary/aromatic N) is 2. The Bertz CT molecular complexity index is 620. The zero-order chi connectivity index (χ0) is 15.4. The van der Waals surface area contributed by atoms with Gasteiger partial charge in [0.25, 0.3) is 0 Å². The van der Waals surface area contributed by atoms with Gasteiger partial charge in [0, 0.05) is 17.9 Å². The molecule has 0 unspecified atom stereocenters. The van der Waals surface area contributed by atoms with Gasteiger partial charge in [-0.3, -0.25) is 0 Å². The fraction of sp³-hybridized carbons (Fsp3) is 0.375. The van der Waals surface area contributed by atoms with Gasteiger partial charge in [-0.2, -0.15) is 0 Å². The van der Waals surface area contributed by atoms with Gasteiger partial charge in [-0.1, -0.05) is 19.1 Å². The van der Waals surface area contributed by atoms with Crippen LogP contribution in [0.1, 0.15) is 29.4 Å². The molecule has 0 saturated carbocycles. The van der Waals surface area contributed by atoms with Crippen LogP contribution in [-0.4, -0.2) is 16.5 Å². The van der Waals surface area contributed by atoms with E-state index < -0.39 is 0 Å². The van der Waals surface area contributed by atoms with E-state index in [4.69, 9.17) is 0 Å². The second-order valence-corrected chi connectivity index (χ2v) is 5.89. The predicted molar refractivity (Wildman–Crippen MR) is 84.1 cm³/mol. The fourth-order valence-corrected chi connectivity index (χ4v) is 2.93. The van der Waals surface area contributed by atoms with E-state index in [1.165, 1.54) is 17.8 Å². The second-order valence-electron chi connectivity index (χ2n) is 4.91. The number of nitrogens with one attached hydrogen (secondary N) is 1. The number of hydrogen-bond acceptors (Lipinski definition) is 4. The number of hydrogen-bond donors (Lipinski definition) is 1. The summed E-state index contributed by atoms with van der Waals surface area (Å²) in [6, 6.07) is 5.15. The lowest BCUT2D eigenvalue weighted by Crippen LogP contribution is -2.13. The Balaban J connectivity index is 2.34. The fourth-order valence-electron chi connectivity index (χ4n) is 1.95. The van der Waals surface area contributed by atoms with E-state index in [2.05, 4.69) is 15.3 Å². The molecule has 1 aromatic carbocycles. The Morgan fingerprint density at radius 1 is 1.14 bits per heavy atom. The van der Waals surface area contributed by atoms with Crippen molar-refractivity contribution in [1.82, 2.24) is 15.3 Å². The lowest BCUT2D eigenvalue weighted by molar-refractivity contribution is 0.591. The van der Waals surface area contributed by atoms with E-state index in [1.54, 1.807) is 6.07 Å². The molecule has 2 rings (SSSR count). The molecule has 0 amide bonds. The Kier molecular flexibility index (Phi) is 5.31. The first-order chi connectivity index (χ1) is 10.0. The third-order valence-corrected chi connectivity index (χ3v) is 4.45. The summed E-state index contributed by atoms with van der Waals surface area (Å²) < 4.78 is 14.1. The Morgan fingerprint density at radius 3 is 2.43 bits per heavy atom. The monoisotopic (exact) mass is 305 g/mol. The maximum absolute atomic E-state index is 14.1. The summed E-state index contributed by atoms with van der Waals surface area (Å²) in [7, 11) is 0. The smallest absolute Gasteiger partial charge is 0.193 e. The first-order valence-corrected chi connectivity index (χ1v) is 7.82. The molecule has 1 N–H and O–H groups in total. The van der Waals surface area contributed by atoms with Gasteiger partial charge in [0.15, 0.2) is 5.16 Å². The molecule has 1 heterocycles. The molecule has 1 aromatic heterocycles. The molecular weight excluding hydrogens is 285 g/mol. The molecule has 0 fully saturated rings. The van der Waals surface area contributed by atoms with Gasteiger partial charge in [0.05, 0.1) is 4.90 Å². The Morgan fingerprint density at radius 2 is 1.81 bits per heavy atom. The summed E-state index contributed by atoms with van der Waals surface area (Å²) in [4.78, 5) is 9.51. The lowest BCUT2D eigenvalue weighted by Gasteiger charge is -2.11. The number of halogens is 1. The van der Waals surface area contributed by atoms with Crippen molar-refractivity contribution in [3.63, 3.8) is 0 Å².